The summed E-state index contributed by atoms with van der Waals surface area (Å²) in [7, 11) is 3.77. The number of nitrogens with zero attached hydrogens (tertiary/aromatic N) is 3. The van der Waals surface area contributed by atoms with Gasteiger partial charge in [-0.2, -0.15) is 0 Å². The Labute approximate surface area is 113 Å². The first kappa shape index (κ1) is 13.9. The average molecular weight is 266 g/mol. The number of hydrogen-bond donors (Lipinski definition) is 1. The zero-order valence-electron chi connectivity index (χ0n) is 11.6. The Morgan fingerprint density at radius 2 is 2.47 bits per heavy atom. The van der Waals surface area contributed by atoms with Crippen LogP contribution >= 0.6 is 0 Å². The van der Waals surface area contributed by atoms with Crippen molar-refractivity contribution in [2.24, 2.45) is 10.9 Å². The molecule has 0 radical (unpaired) electrons. The first-order valence-electron chi connectivity index (χ1n) is 6.68. The lowest BCUT2D eigenvalue weighted by Gasteiger charge is -2.21. The first-order chi connectivity index (χ1) is 9.29. The quantitative estimate of drug-likeness (QED) is 0.455. The SMILES string of the molecule is CN=C(NCc1ccon1)N(C)CCOCC1CC1. The van der Waals surface area contributed by atoms with Crippen LogP contribution in [-0.4, -0.2) is 49.9 Å². The summed E-state index contributed by atoms with van der Waals surface area (Å²) in [6, 6.07) is 1.83. The molecule has 1 aliphatic rings. The Kier molecular flexibility index (Phi) is 5.20. The lowest BCUT2D eigenvalue weighted by Crippen LogP contribution is -2.40. The number of nitrogens with one attached hydrogen (secondary N) is 1. The summed E-state index contributed by atoms with van der Waals surface area (Å²) >= 11 is 0. The number of likely N-dealkylation sites (N-methyl/N-ethyl adjacent to an activating group) is 1. The average Bonchev–Trinajstić information content (AvgIpc) is 3.10. The van der Waals surface area contributed by atoms with E-state index < -0.39 is 0 Å². The lowest BCUT2D eigenvalue weighted by atomic mass is 10.4. The molecule has 1 fully saturated rings. The van der Waals surface area contributed by atoms with E-state index >= 15 is 0 Å². The Balaban J connectivity index is 1.64. The molecule has 1 aromatic heterocycles. The normalized spacial score (nSPS) is 15.6. The molecule has 2 rings (SSSR count). The second-order valence-electron chi connectivity index (χ2n) is 4.83. The second kappa shape index (κ2) is 7.13. The Morgan fingerprint density at radius 3 is 3.11 bits per heavy atom. The fraction of sp³-hybridized carbons (Fsp3) is 0.692. The van der Waals surface area contributed by atoms with Crippen LogP contribution in [0.1, 0.15) is 18.5 Å². The molecule has 1 aromatic rings. The Bertz CT molecular complexity index is 387. The molecule has 106 valence electrons. The summed E-state index contributed by atoms with van der Waals surface area (Å²) in [5, 5.41) is 7.08. The van der Waals surface area contributed by atoms with E-state index in [-0.39, 0.29) is 0 Å². The van der Waals surface area contributed by atoms with Crippen LogP contribution in [0.25, 0.3) is 0 Å². The van der Waals surface area contributed by atoms with Gasteiger partial charge in [0.2, 0.25) is 0 Å². The van der Waals surface area contributed by atoms with Gasteiger partial charge in [-0.05, 0) is 18.8 Å². The van der Waals surface area contributed by atoms with Crippen molar-refractivity contribution >= 4 is 5.96 Å². The maximum atomic E-state index is 5.62. The van der Waals surface area contributed by atoms with E-state index in [1.165, 1.54) is 12.8 Å². The van der Waals surface area contributed by atoms with Crippen LogP contribution < -0.4 is 5.32 Å². The van der Waals surface area contributed by atoms with Crippen LogP contribution in [0.15, 0.2) is 21.8 Å². The van der Waals surface area contributed by atoms with Gasteiger partial charge in [0.15, 0.2) is 5.96 Å². The van der Waals surface area contributed by atoms with Crippen molar-refractivity contribution in [2.75, 3.05) is 33.9 Å². The van der Waals surface area contributed by atoms with Crippen molar-refractivity contribution in [3.05, 3.63) is 18.0 Å². The third kappa shape index (κ3) is 4.90. The smallest absolute Gasteiger partial charge is 0.193 e. The van der Waals surface area contributed by atoms with Crippen LogP contribution in [0, 0.1) is 5.92 Å². The van der Waals surface area contributed by atoms with Crippen molar-refractivity contribution in [2.45, 2.75) is 19.4 Å². The summed E-state index contributed by atoms with van der Waals surface area (Å²) in [4.78, 5) is 6.28. The molecule has 1 N–H and O–H groups in total. The minimum Gasteiger partial charge on any atom is -0.379 e. The van der Waals surface area contributed by atoms with Crippen molar-refractivity contribution in [1.29, 1.82) is 0 Å². The number of guanidine groups is 1. The van der Waals surface area contributed by atoms with Gasteiger partial charge in [-0.15, -0.1) is 0 Å². The van der Waals surface area contributed by atoms with E-state index in [1.54, 1.807) is 13.3 Å². The van der Waals surface area contributed by atoms with Crippen LogP contribution in [0.5, 0.6) is 0 Å². The molecule has 0 saturated heterocycles. The van der Waals surface area contributed by atoms with Gasteiger partial charge in [0.05, 0.1) is 13.2 Å². The van der Waals surface area contributed by atoms with Crippen LogP contribution in [0.3, 0.4) is 0 Å². The predicted octanol–water partition coefficient (Wildman–Crippen LogP) is 1.11. The highest BCUT2D eigenvalue weighted by Gasteiger charge is 2.21. The van der Waals surface area contributed by atoms with Crippen LogP contribution in [-0.2, 0) is 11.3 Å². The highest BCUT2D eigenvalue weighted by molar-refractivity contribution is 5.79. The molecule has 0 amide bonds. The zero-order valence-corrected chi connectivity index (χ0v) is 11.6. The number of aromatic nitrogens is 1. The molecule has 6 heteroatoms. The van der Waals surface area contributed by atoms with Crippen molar-refractivity contribution in [3.63, 3.8) is 0 Å². The van der Waals surface area contributed by atoms with E-state index in [9.17, 15) is 0 Å². The van der Waals surface area contributed by atoms with Crippen LogP contribution in [0.4, 0.5) is 0 Å². The van der Waals surface area contributed by atoms with E-state index in [0.29, 0.717) is 6.54 Å². The molecule has 0 bridgehead atoms. The largest absolute Gasteiger partial charge is 0.379 e. The monoisotopic (exact) mass is 266 g/mol. The van der Waals surface area contributed by atoms with Gasteiger partial charge in [-0.1, -0.05) is 5.16 Å². The molecule has 0 atom stereocenters. The first-order valence-corrected chi connectivity index (χ1v) is 6.68. The van der Waals surface area contributed by atoms with Gasteiger partial charge in [0.25, 0.3) is 0 Å². The third-order valence-corrected chi connectivity index (χ3v) is 3.11. The molecule has 0 spiro atoms. The summed E-state index contributed by atoms with van der Waals surface area (Å²) in [6.45, 7) is 3.07. The van der Waals surface area contributed by atoms with Gasteiger partial charge in [0.1, 0.15) is 12.0 Å². The van der Waals surface area contributed by atoms with Crippen molar-refractivity contribution in [1.82, 2.24) is 15.4 Å². The zero-order chi connectivity index (χ0) is 13.5. The molecular formula is C13H22N4O2. The molecule has 19 heavy (non-hydrogen) atoms. The Hall–Kier alpha value is -1.56. The minimum absolute atomic E-state index is 0.608. The topological polar surface area (TPSA) is 62.9 Å². The number of ether oxygens (including phenoxy) is 1. The number of rotatable bonds is 7. The minimum atomic E-state index is 0.608. The van der Waals surface area contributed by atoms with Gasteiger partial charge in [-0.25, -0.2) is 0 Å². The van der Waals surface area contributed by atoms with E-state index in [0.717, 1.165) is 37.3 Å². The lowest BCUT2D eigenvalue weighted by molar-refractivity contribution is 0.115. The standard InChI is InChI=1S/C13H22N4O2/c1-14-13(15-9-12-5-7-19-16-12)17(2)6-8-18-10-11-3-4-11/h5,7,11H,3-4,6,8-10H2,1-2H3,(H,14,15). The second-order valence-corrected chi connectivity index (χ2v) is 4.83. The van der Waals surface area contributed by atoms with Gasteiger partial charge in [-0.3, -0.25) is 4.99 Å². The van der Waals surface area contributed by atoms with Crippen molar-refractivity contribution in [3.8, 4) is 0 Å². The van der Waals surface area contributed by atoms with Gasteiger partial charge in [0, 0.05) is 33.3 Å². The van der Waals surface area contributed by atoms with E-state index in [1.807, 2.05) is 18.0 Å². The predicted molar refractivity (Wildman–Crippen MR) is 72.9 cm³/mol. The summed E-state index contributed by atoms with van der Waals surface area (Å²) < 4.78 is 10.4. The molecule has 1 aliphatic carbocycles. The molecule has 6 nitrogen and oxygen atoms in total. The number of aliphatic imine (C=N–C) groups is 1. The molecular weight excluding hydrogens is 244 g/mol. The number of hydrogen-bond acceptors (Lipinski definition) is 4. The highest BCUT2D eigenvalue weighted by Crippen LogP contribution is 2.28. The highest BCUT2D eigenvalue weighted by atomic mass is 16.5. The van der Waals surface area contributed by atoms with Gasteiger partial charge < -0.3 is 19.5 Å². The van der Waals surface area contributed by atoms with Gasteiger partial charge >= 0.3 is 0 Å². The molecule has 0 aromatic carbocycles. The van der Waals surface area contributed by atoms with Crippen molar-refractivity contribution < 1.29 is 9.26 Å². The summed E-state index contributed by atoms with van der Waals surface area (Å²) in [5.41, 5.74) is 0.861. The molecule has 1 heterocycles. The summed E-state index contributed by atoms with van der Waals surface area (Å²) in [6.07, 6.45) is 4.22. The molecule has 0 aliphatic heterocycles. The fourth-order valence-electron chi connectivity index (χ4n) is 1.72. The maximum absolute atomic E-state index is 5.62. The summed E-state index contributed by atoms with van der Waals surface area (Å²) in [5.74, 6) is 1.65. The third-order valence-electron chi connectivity index (χ3n) is 3.11. The fourth-order valence-corrected chi connectivity index (χ4v) is 1.72. The molecule has 1 saturated carbocycles. The van der Waals surface area contributed by atoms with Crippen LogP contribution in [0.2, 0.25) is 0 Å². The van der Waals surface area contributed by atoms with E-state index in [4.69, 9.17) is 9.26 Å². The maximum Gasteiger partial charge on any atom is 0.193 e. The van der Waals surface area contributed by atoms with E-state index in [2.05, 4.69) is 15.5 Å². The Morgan fingerprint density at radius 1 is 1.63 bits per heavy atom. The molecule has 0 unspecified atom stereocenters.